The lowest BCUT2D eigenvalue weighted by molar-refractivity contribution is -0.525. The third-order valence-electron chi connectivity index (χ3n) is 6.46. The molecule has 0 spiro atoms. The highest BCUT2D eigenvalue weighted by Crippen LogP contribution is 2.53. The van der Waals surface area contributed by atoms with E-state index in [2.05, 4.69) is 0 Å². The first-order valence-corrected chi connectivity index (χ1v) is 16.1. The van der Waals surface area contributed by atoms with Crippen molar-refractivity contribution >= 4 is 82.9 Å². The number of pyridine rings is 1. The number of Topliss-reactive ketones (excluding diaryl/α,β-unsaturated/α-hetero) is 1. The minimum Gasteiger partial charge on any atom is -0.504 e. The SMILES string of the molecule is COC(=O)C1(C(=O)c2ccccc2)C(Cl)C(=O)N1N(c1c(O)ccc2c(P(Cl)Cl)pc(-c3ccccc3)n12)[N+](=O)[O-]. The molecular formula is C25H17Cl3N4O7P2. The molecule has 41 heavy (non-hydrogen) atoms. The van der Waals surface area contributed by atoms with Crippen molar-refractivity contribution < 1.29 is 29.3 Å². The zero-order chi connectivity index (χ0) is 29.6. The number of ketones is 1. The number of nitrogens with zero attached hydrogens (tertiary/aromatic N) is 4. The smallest absolute Gasteiger partial charge is 0.344 e. The lowest BCUT2D eigenvalue weighted by Crippen LogP contribution is -2.84. The Morgan fingerprint density at radius 1 is 1.10 bits per heavy atom. The van der Waals surface area contributed by atoms with Crippen molar-refractivity contribution in [1.29, 1.82) is 0 Å². The number of methoxy groups -OCH3 is 1. The van der Waals surface area contributed by atoms with Crippen LogP contribution in [0, 0.1) is 10.1 Å². The lowest BCUT2D eigenvalue weighted by Gasteiger charge is -2.50. The van der Waals surface area contributed by atoms with Gasteiger partial charge in [0.2, 0.25) is 11.6 Å². The van der Waals surface area contributed by atoms with Crippen LogP contribution in [0.15, 0.2) is 72.8 Å². The minimum absolute atomic E-state index is 0.0555. The van der Waals surface area contributed by atoms with Crippen LogP contribution < -0.4 is 10.2 Å². The van der Waals surface area contributed by atoms with Gasteiger partial charge in [0.05, 0.1) is 23.1 Å². The molecule has 2 aromatic carbocycles. The number of β-lactam (4-membered cyclic amide) rings is 1. The number of carbonyl (C=O) groups excluding carboxylic acids is 3. The quantitative estimate of drug-likeness (QED) is 0.0387. The van der Waals surface area contributed by atoms with Crippen molar-refractivity contribution in [3.05, 3.63) is 88.5 Å². The largest absolute Gasteiger partial charge is 0.504 e. The first-order valence-electron chi connectivity index (χ1n) is 11.6. The fraction of sp³-hybridized carbons (Fsp3) is 0.120. The molecule has 0 aliphatic carbocycles. The number of aromatic nitrogens is 1. The highest BCUT2D eigenvalue weighted by Gasteiger charge is 2.75. The van der Waals surface area contributed by atoms with E-state index in [4.69, 9.17) is 38.8 Å². The van der Waals surface area contributed by atoms with Crippen LogP contribution in [0.25, 0.3) is 16.5 Å². The van der Waals surface area contributed by atoms with Gasteiger partial charge in [-0.1, -0.05) is 83.1 Å². The molecule has 210 valence electrons. The molecule has 1 fully saturated rings. The second kappa shape index (κ2) is 11.1. The molecule has 3 heterocycles. The van der Waals surface area contributed by atoms with Gasteiger partial charge in [-0.2, -0.15) is 5.01 Å². The number of hydrogen-bond acceptors (Lipinski definition) is 7. The van der Waals surface area contributed by atoms with E-state index >= 15 is 0 Å². The van der Waals surface area contributed by atoms with Gasteiger partial charge < -0.3 is 9.84 Å². The number of esters is 1. The summed E-state index contributed by atoms with van der Waals surface area (Å²) in [7, 11) is 1.43. The summed E-state index contributed by atoms with van der Waals surface area (Å²) in [5.41, 5.74) is -1.41. The Hall–Kier alpha value is -3.46. The zero-order valence-corrected chi connectivity index (χ0v) is 24.8. The average molecular weight is 654 g/mol. The number of anilines is 1. The first kappa shape index (κ1) is 29.0. The molecule has 0 saturated carbocycles. The van der Waals surface area contributed by atoms with Crippen LogP contribution in [0.2, 0.25) is 0 Å². The second-order valence-electron chi connectivity index (χ2n) is 8.61. The zero-order valence-electron chi connectivity index (χ0n) is 20.7. The van der Waals surface area contributed by atoms with Gasteiger partial charge in [0.1, 0.15) is 6.63 Å². The Bertz CT molecular complexity index is 1710. The fourth-order valence-electron chi connectivity index (χ4n) is 4.68. The normalized spacial score (nSPS) is 18.5. The molecule has 1 N–H and O–H groups in total. The monoisotopic (exact) mass is 652 g/mol. The molecule has 2 unspecified atom stereocenters. The third kappa shape index (κ3) is 4.40. The molecule has 11 nitrogen and oxygen atoms in total. The lowest BCUT2D eigenvalue weighted by atomic mass is 9.78. The number of amides is 1. The van der Waals surface area contributed by atoms with Crippen LogP contribution in [0.5, 0.6) is 5.75 Å². The second-order valence-corrected chi connectivity index (χ2v) is 14.0. The topological polar surface area (TPSA) is 135 Å². The standard InChI is InChI=1S/C25H17Cl3N4O7P2/c1-39-24(36)25(19(34)14-8-4-2-5-9-14)18(26)21(35)30(25)31(32(37)38)20-17(33)13-12-16-23(41(27)28)40-22(29(16)20)15-10-6-3-7-11-15/h2-13,18,33H,1H3. The van der Waals surface area contributed by atoms with Crippen LogP contribution in [0.4, 0.5) is 5.82 Å². The number of carbonyl (C=O) groups is 3. The van der Waals surface area contributed by atoms with Crippen LogP contribution in [0.3, 0.4) is 0 Å². The number of hydrazine groups is 2. The molecule has 0 radical (unpaired) electrons. The summed E-state index contributed by atoms with van der Waals surface area (Å²) >= 11 is 19.0. The van der Waals surface area contributed by atoms with E-state index in [1.54, 1.807) is 36.4 Å². The van der Waals surface area contributed by atoms with Crippen LogP contribution in [-0.4, -0.2) is 55.2 Å². The molecule has 5 rings (SSSR count). The molecule has 1 saturated heterocycles. The number of rotatable bonds is 8. The number of halogens is 3. The number of benzene rings is 2. The molecule has 1 aliphatic rings. The van der Waals surface area contributed by atoms with Crippen LogP contribution in [0.1, 0.15) is 10.4 Å². The molecule has 2 aromatic heterocycles. The Morgan fingerprint density at radius 2 is 1.71 bits per heavy atom. The van der Waals surface area contributed by atoms with Gasteiger partial charge in [0.25, 0.3) is 11.4 Å². The summed E-state index contributed by atoms with van der Waals surface area (Å²) in [6.07, 6.45) is 0. The van der Waals surface area contributed by atoms with E-state index in [0.29, 0.717) is 34.7 Å². The van der Waals surface area contributed by atoms with E-state index in [1.165, 1.54) is 34.7 Å². The van der Waals surface area contributed by atoms with Crippen LogP contribution in [-0.2, 0) is 14.3 Å². The molecule has 0 bridgehead atoms. The highest BCUT2D eigenvalue weighted by molar-refractivity contribution is 8.12. The van der Waals surface area contributed by atoms with E-state index in [1.807, 2.05) is 0 Å². The third-order valence-corrected chi connectivity index (χ3v) is 11.2. The van der Waals surface area contributed by atoms with Crippen molar-refractivity contribution in [2.24, 2.45) is 0 Å². The van der Waals surface area contributed by atoms with E-state index < -0.39 is 51.8 Å². The van der Waals surface area contributed by atoms with Crippen molar-refractivity contribution in [3.63, 3.8) is 0 Å². The van der Waals surface area contributed by atoms with Gasteiger partial charge in [-0.15, -0.1) is 11.6 Å². The maximum Gasteiger partial charge on any atom is 0.344 e. The summed E-state index contributed by atoms with van der Waals surface area (Å²) in [6.45, 7) is -1.75. The van der Waals surface area contributed by atoms with Gasteiger partial charge in [-0.3, -0.25) is 14.0 Å². The van der Waals surface area contributed by atoms with Crippen molar-refractivity contribution in [2.75, 3.05) is 12.2 Å². The Morgan fingerprint density at radius 3 is 2.27 bits per heavy atom. The number of alkyl halides is 1. The number of nitro groups is 1. The number of aromatic hydroxyl groups is 1. The summed E-state index contributed by atoms with van der Waals surface area (Å²) in [4.78, 5) is 53.3. The molecule has 2 atom stereocenters. The van der Waals surface area contributed by atoms with Crippen LogP contribution >= 0.6 is 48.9 Å². The van der Waals surface area contributed by atoms with Crippen molar-refractivity contribution in [1.82, 2.24) is 9.41 Å². The summed E-state index contributed by atoms with van der Waals surface area (Å²) < 4.78 is 6.19. The number of hydrogen-bond donors (Lipinski definition) is 1. The van der Waals surface area contributed by atoms with E-state index in [-0.39, 0.29) is 10.7 Å². The molecule has 4 aromatic rings. The maximum absolute atomic E-state index is 13.9. The summed E-state index contributed by atoms with van der Waals surface area (Å²) in [6, 6.07) is 18.7. The Balaban J connectivity index is 1.84. The maximum atomic E-state index is 13.9. The molecular weight excluding hydrogens is 637 g/mol. The Labute approximate surface area is 249 Å². The van der Waals surface area contributed by atoms with Gasteiger partial charge >= 0.3 is 5.97 Å². The van der Waals surface area contributed by atoms with Gasteiger partial charge in [-0.05, 0) is 20.3 Å². The number of ether oxygens (including phenoxy) is 1. The van der Waals surface area contributed by atoms with Gasteiger partial charge in [0.15, 0.2) is 16.2 Å². The summed E-state index contributed by atoms with van der Waals surface area (Å²) in [5, 5.41) is 22.0. The summed E-state index contributed by atoms with van der Waals surface area (Å²) in [5.74, 6) is -4.69. The van der Waals surface area contributed by atoms with E-state index in [0.717, 1.165) is 13.2 Å². The van der Waals surface area contributed by atoms with Gasteiger partial charge in [0, 0.05) is 16.2 Å². The molecule has 1 aliphatic heterocycles. The minimum atomic E-state index is -2.68. The van der Waals surface area contributed by atoms with Crippen molar-refractivity contribution in [3.8, 4) is 16.7 Å². The van der Waals surface area contributed by atoms with Gasteiger partial charge in [-0.25, -0.2) is 14.9 Å². The first-order chi connectivity index (χ1) is 19.6. The number of fused-ring (bicyclic) bond motifs is 1. The molecule has 1 amide bonds. The fourth-order valence-corrected chi connectivity index (χ4v) is 8.25. The highest BCUT2D eigenvalue weighted by atomic mass is 35.9. The van der Waals surface area contributed by atoms with E-state index in [9.17, 15) is 29.6 Å². The molecule has 16 heteroatoms. The predicted octanol–water partition coefficient (Wildman–Crippen LogP) is 5.46. The predicted molar refractivity (Wildman–Crippen MR) is 157 cm³/mol. The Kier molecular flexibility index (Phi) is 7.85. The average Bonchev–Trinajstić information content (AvgIpc) is 3.37. The van der Waals surface area contributed by atoms with Crippen molar-refractivity contribution in [2.45, 2.75) is 10.9 Å².